The highest BCUT2D eigenvalue weighted by atomic mass is 79.9. The van der Waals surface area contributed by atoms with E-state index in [1.807, 2.05) is 14.1 Å². The first kappa shape index (κ1) is 16.3. The number of nitrogens with one attached hydrogen (secondary N) is 1. The molecule has 19 heavy (non-hydrogen) atoms. The summed E-state index contributed by atoms with van der Waals surface area (Å²) in [5.41, 5.74) is -0.491. The first-order valence-corrected chi connectivity index (χ1v) is 6.85. The summed E-state index contributed by atoms with van der Waals surface area (Å²) >= 11 is 3.06. The van der Waals surface area contributed by atoms with Crippen LogP contribution in [0.15, 0.2) is 22.7 Å². The average molecular weight is 339 g/mol. The van der Waals surface area contributed by atoms with Crippen LogP contribution < -0.4 is 5.32 Å². The maximum Gasteiger partial charge on any atom is 0.418 e. The van der Waals surface area contributed by atoms with Gasteiger partial charge in [-0.15, -0.1) is 0 Å². The maximum atomic E-state index is 12.8. The number of hydrogen-bond acceptors (Lipinski definition) is 2. The molecule has 1 aromatic rings. The largest absolute Gasteiger partial charge is 0.418 e. The fourth-order valence-corrected chi connectivity index (χ4v) is 2.04. The minimum Gasteiger partial charge on any atom is -0.385 e. The topological polar surface area (TPSA) is 15.3 Å². The minimum absolute atomic E-state index is 0.139. The van der Waals surface area contributed by atoms with Crippen LogP contribution in [0.25, 0.3) is 0 Å². The van der Waals surface area contributed by atoms with Gasteiger partial charge in [0.2, 0.25) is 0 Å². The molecule has 6 heteroatoms. The van der Waals surface area contributed by atoms with E-state index in [4.69, 9.17) is 0 Å². The number of halogens is 4. The first-order valence-electron chi connectivity index (χ1n) is 6.06. The van der Waals surface area contributed by atoms with E-state index in [1.54, 1.807) is 6.07 Å². The SMILES string of the molecule is CN(C)CCCCNc1ccc(Br)cc1C(F)(F)F. The molecule has 0 spiro atoms. The van der Waals surface area contributed by atoms with Crippen molar-refractivity contribution in [3.8, 4) is 0 Å². The van der Waals surface area contributed by atoms with E-state index in [1.165, 1.54) is 6.07 Å². The van der Waals surface area contributed by atoms with Crippen LogP contribution in [0.4, 0.5) is 18.9 Å². The smallest absolute Gasteiger partial charge is 0.385 e. The van der Waals surface area contributed by atoms with E-state index in [0.717, 1.165) is 25.5 Å². The van der Waals surface area contributed by atoms with Crippen molar-refractivity contribution in [2.45, 2.75) is 19.0 Å². The van der Waals surface area contributed by atoms with Crippen molar-refractivity contribution in [3.63, 3.8) is 0 Å². The standard InChI is InChI=1S/C13H18BrF3N2/c1-19(2)8-4-3-7-18-12-6-5-10(14)9-11(12)13(15,16)17/h5-6,9,18H,3-4,7-8H2,1-2H3. The minimum atomic E-state index is -4.34. The highest BCUT2D eigenvalue weighted by molar-refractivity contribution is 9.10. The van der Waals surface area contributed by atoms with E-state index in [0.29, 0.717) is 11.0 Å². The van der Waals surface area contributed by atoms with Gasteiger partial charge in [0.1, 0.15) is 0 Å². The molecule has 1 N–H and O–H groups in total. The highest BCUT2D eigenvalue weighted by Gasteiger charge is 2.33. The van der Waals surface area contributed by atoms with Crippen LogP contribution in [-0.4, -0.2) is 32.1 Å². The number of benzene rings is 1. The Morgan fingerprint density at radius 2 is 1.89 bits per heavy atom. The molecule has 1 rings (SSSR count). The summed E-state index contributed by atoms with van der Waals surface area (Å²) in [6.45, 7) is 1.48. The zero-order chi connectivity index (χ0) is 14.5. The summed E-state index contributed by atoms with van der Waals surface area (Å²) in [6.07, 6.45) is -2.54. The second-order valence-electron chi connectivity index (χ2n) is 4.62. The maximum absolute atomic E-state index is 12.8. The highest BCUT2D eigenvalue weighted by Crippen LogP contribution is 2.36. The number of nitrogens with zero attached hydrogens (tertiary/aromatic N) is 1. The molecule has 0 heterocycles. The normalized spacial score (nSPS) is 11.9. The lowest BCUT2D eigenvalue weighted by molar-refractivity contribution is -0.137. The van der Waals surface area contributed by atoms with Gasteiger partial charge < -0.3 is 10.2 Å². The van der Waals surface area contributed by atoms with Crippen molar-refractivity contribution in [3.05, 3.63) is 28.2 Å². The molecule has 0 bridgehead atoms. The predicted octanol–water partition coefficient (Wildman–Crippen LogP) is 4.22. The number of rotatable bonds is 6. The molecule has 108 valence electrons. The molecule has 0 saturated heterocycles. The van der Waals surface area contributed by atoms with Gasteiger partial charge in [-0.2, -0.15) is 13.2 Å². The number of alkyl halides is 3. The Morgan fingerprint density at radius 3 is 2.47 bits per heavy atom. The summed E-state index contributed by atoms with van der Waals surface area (Å²) in [7, 11) is 3.95. The van der Waals surface area contributed by atoms with Crippen molar-refractivity contribution in [2.75, 3.05) is 32.5 Å². The van der Waals surface area contributed by atoms with Crippen molar-refractivity contribution in [1.29, 1.82) is 0 Å². The molecule has 0 aliphatic carbocycles. The van der Waals surface area contributed by atoms with E-state index >= 15 is 0 Å². The molecule has 1 aromatic carbocycles. The van der Waals surface area contributed by atoms with Gasteiger partial charge in [-0.3, -0.25) is 0 Å². The summed E-state index contributed by atoms with van der Waals surface area (Å²) < 4.78 is 39.0. The Morgan fingerprint density at radius 1 is 1.21 bits per heavy atom. The third-order valence-electron chi connectivity index (χ3n) is 2.63. The third-order valence-corrected chi connectivity index (χ3v) is 3.13. The van der Waals surface area contributed by atoms with E-state index in [-0.39, 0.29) is 5.69 Å². The fourth-order valence-electron chi connectivity index (χ4n) is 1.68. The quantitative estimate of drug-likeness (QED) is 0.781. The zero-order valence-corrected chi connectivity index (χ0v) is 12.6. The van der Waals surface area contributed by atoms with Gasteiger partial charge in [0, 0.05) is 16.7 Å². The lowest BCUT2D eigenvalue weighted by Gasteiger charge is -2.15. The van der Waals surface area contributed by atoms with Gasteiger partial charge in [0.15, 0.2) is 0 Å². The second kappa shape index (κ2) is 7.14. The molecular formula is C13H18BrF3N2. The number of anilines is 1. The average Bonchev–Trinajstić information content (AvgIpc) is 2.28. The summed E-state index contributed by atoms with van der Waals surface area (Å²) in [6, 6.07) is 4.17. The molecule has 0 aromatic heterocycles. The van der Waals surface area contributed by atoms with Crippen molar-refractivity contribution >= 4 is 21.6 Å². The molecule has 0 unspecified atom stereocenters. The van der Waals surface area contributed by atoms with Gasteiger partial charge in [0.25, 0.3) is 0 Å². The molecular weight excluding hydrogens is 321 g/mol. The monoisotopic (exact) mass is 338 g/mol. The van der Waals surface area contributed by atoms with Gasteiger partial charge in [-0.25, -0.2) is 0 Å². The van der Waals surface area contributed by atoms with Crippen LogP contribution in [-0.2, 0) is 6.18 Å². The molecule has 0 aliphatic heterocycles. The van der Waals surface area contributed by atoms with Crippen LogP contribution >= 0.6 is 15.9 Å². The van der Waals surface area contributed by atoms with Gasteiger partial charge in [0.05, 0.1) is 5.56 Å². The number of unbranched alkanes of at least 4 members (excludes halogenated alkanes) is 1. The Balaban J connectivity index is 2.58. The van der Waals surface area contributed by atoms with Crippen LogP contribution in [0.2, 0.25) is 0 Å². The van der Waals surface area contributed by atoms with Gasteiger partial charge >= 0.3 is 6.18 Å². The summed E-state index contributed by atoms with van der Waals surface area (Å²) in [4.78, 5) is 2.06. The lowest BCUT2D eigenvalue weighted by Crippen LogP contribution is -2.15. The summed E-state index contributed by atoms with van der Waals surface area (Å²) in [5.74, 6) is 0. The van der Waals surface area contributed by atoms with Crippen molar-refractivity contribution in [1.82, 2.24) is 4.90 Å². The van der Waals surface area contributed by atoms with Crippen LogP contribution in [0.3, 0.4) is 0 Å². The van der Waals surface area contributed by atoms with E-state index in [9.17, 15) is 13.2 Å². The molecule has 0 atom stereocenters. The fraction of sp³-hybridized carbons (Fsp3) is 0.538. The Hall–Kier alpha value is -0.750. The Labute approximate surface area is 120 Å². The van der Waals surface area contributed by atoms with Crippen molar-refractivity contribution in [2.24, 2.45) is 0 Å². The molecule has 0 amide bonds. The predicted molar refractivity (Wildman–Crippen MR) is 75.4 cm³/mol. The Bertz CT molecular complexity index is 405. The molecule has 0 radical (unpaired) electrons. The lowest BCUT2D eigenvalue weighted by atomic mass is 10.1. The zero-order valence-electron chi connectivity index (χ0n) is 11.0. The third kappa shape index (κ3) is 5.82. The van der Waals surface area contributed by atoms with E-state index in [2.05, 4.69) is 26.1 Å². The molecule has 0 saturated carbocycles. The van der Waals surface area contributed by atoms with E-state index < -0.39 is 11.7 Å². The van der Waals surface area contributed by atoms with Gasteiger partial charge in [-0.05, 0) is 51.7 Å². The molecule has 0 aliphatic rings. The molecule has 0 fully saturated rings. The van der Waals surface area contributed by atoms with Crippen LogP contribution in [0.5, 0.6) is 0 Å². The Kier molecular flexibility index (Phi) is 6.13. The summed E-state index contributed by atoms with van der Waals surface area (Å²) in [5, 5.41) is 2.86. The number of hydrogen-bond donors (Lipinski definition) is 1. The first-order chi connectivity index (χ1) is 8.80. The van der Waals surface area contributed by atoms with Crippen molar-refractivity contribution < 1.29 is 13.2 Å². The molecule has 2 nitrogen and oxygen atoms in total. The van der Waals surface area contributed by atoms with Crippen LogP contribution in [0, 0.1) is 0 Å². The van der Waals surface area contributed by atoms with Crippen LogP contribution in [0.1, 0.15) is 18.4 Å². The van der Waals surface area contributed by atoms with Gasteiger partial charge in [-0.1, -0.05) is 15.9 Å². The second-order valence-corrected chi connectivity index (χ2v) is 5.54.